The van der Waals surface area contributed by atoms with Gasteiger partial charge in [0.15, 0.2) is 5.65 Å². The molecule has 0 atom stereocenters. The molecule has 0 bridgehead atoms. The van der Waals surface area contributed by atoms with Crippen LogP contribution in [-0.4, -0.2) is 19.2 Å². The molecule has 0 aliphatic rings. The van der Waals surface area contributed by atoms with Crippen LogP contribution in [-0.2, 0) is 0 Å². The van der Waals surface area contributed by atoms with Crippen molar-refractivity contribution in [2.45, 2.75) is 13.8 Å². The molecule has 1 aromatic carbocycles. The van der Waals surface area contributed by atoms with E-state index in [1.807, 2.05) is 47.2 Å². The summed E-state index contributed by atoms with van der Waals surface area (Å²) in [5.74, 6) is 0. The van der Waals surface area contributed by atoms with Gasteiger partial charge in [-0.3, -0.25) is 0 Å². The lowest BCUT2D eigenvalue weighted by molar-refractivity contribution is 0.940. The van der Waals surface area contributed by atoms with Crippen LogP contribution in [0.1, 0.15) is 11.4 Å². The summed E-state index contributed by atoms with van der Waals surface area (Å²) in [6, 6.07) is 16.2. The first-order valence-corrected chi connectivity index (χ1v) is 10.2. The van der Waals surface area contributed by atoms with E-state index in [4.69, 9.17) is 16.7 Å². The van der Waals surface area contributed by atoms with Gasteiger partial charge in [0, 0.05) is 40.4 Å². The normalized spacial score (nSPS) is 11.4. The maximum Gasteiger partial charge on any atom is 0.155 e. The lowest BCUT2D eigenvalue weighted by Crippen LogP contribution is -1.98. The van der Waals surface area contributed by atoms with Crippen LogP contribution in [0.25, 0.3) is 33.0 Å². The quantitative estimate of drug-likeness (QED) is 0.359. The standard InChI is InChI=1S/C22H17ClN4S/c1-14-3-4-15(2)27(14)20-9-10-28-22(20)19-11-21-24-12-17(13-26(21)25-19)16-5-7-18(23)8-6-16/h3-13H,1-2H3. The van der Waals surface area contributed by atoms with Crippen molar-refractivity contribution in [2.75, 3.05) is 0 Å². The van der Waals surface area contributed by atoms with Crippen molar-refractivity contribution >= 4 is 28.6 Å². The SMILES string of the molecule is Cc1ccc(C)n1-c1ccsc1-c1cc2ncc(-c3ccc(Cl)cc3)cn2n1. The smallest absolute Gasteiger partial charge is 0.155 e. The summed E-state index contributed by atoms with van der Waals surface area (Å²) >= 11 is 7.70. The van der Waals surface area contributed by atoms with E-state index in [2.05, 4.69) is 47.0 Å². The van der Waals surface area contributed by atoms with Gasteiger partial charge in [-0.1, -0.05) is 23.7 Å². The number of halogens is 1. The molecule has 28 heavy (non-hydrogen) atoms. The summed E-state index contributed by atoms with van der Waals surface area (Å²) in [6.07, 6.45) is 3.88. The van der Waals surface area contributed by atoms with Gasteiger partial charge >= 0.3 is 0 Å². The largest absolute Gasteiger partial charge is 0.317 e. The molecule has 4 heterocycles. The average molecular weight is 405 g/mol. The van der Waals surface area contributed by atoms with Gasteiger partial charge in [0.25, 0.3) is 0 Å². The second-order valence-electron chi connectivity index (χ2n) is 6.77. The van der Waals surface area contributed by atoms with Crippen molar-refractivity contribution in [3.05, 3.63) is 82.7 Å². The first kappa shape index (κ1) is 17.2. The molecular formula is C22H17ClN4S. The Labute approximate surface area is 171 Å². The van der Waals surface area contributed by atoms with Crippen LogP contribution in [0.3, 0.4) is 0 Å². The van der Waals surface area contributed by atoms with Crippen LogP contribution in [0.2, 0.25) is 5.02 Å². The number of nitrogens with zero attached hydrogens (tertiary/aromatic N) is 4. The first-order valence-electron chi connectivity index (χ1n) is 8.95. The third kappa shape index (κ3) is 2.84. The topological polar surface area (TPSA) is 35.1 Å². The highest BCUT2D eigenvalue weighted by molar-refractivity contribution is 7.14. The number of hydrogen-bond donors (Lipinski definition) is 0. The minimum Gasteiger partial charge on any atom is -0.317 e. The molecule has 0 aliphatic carbocycles. The van der Waals surface area contributed by atoms with Crippen molar-refractivity contribution < 1.29 is 0 Å². The van der Waals surface area contributed by atoms with Crippen LogP contribution in [0.15, 0.2) is 66.3 Å². The molecule has 0 radical (unpaired) electrons. The Morgan fingerprint density at radius 1 is 0.929 bits per heavy atom. The number of fused-ring (bicyclic) bond motifs is 1. The fourth-order valence-corrected chi connectivity index (χ4v) is 4.46. The van der Waals surface area contributed by atoms with Gasteiger partial charge in [-0.25, -0.2) is 9.50 Å². The van der Waals surface area contributed by atoms with Gasteiger partial charge in [-0.2, -0.15) is 5.10 Å². The van der Waals surface area contributed by atoms with Gasteiger partial charge in [-0.05, 0) is 55.1 Å². The van der Waals surface area contributed by atoms with E-state index < -0.39 is 0 Å². The van der Waals surface area contributed by atoms with Crippen molar-refractivity contribution in [1.29, 1.82) is 0 Å². The summed E-state index contributed by atoms with van der Waals surface area (Å²) in [4.78, 5) is 5.74. The van der Waals surface area contributed by atoms with Crippen molar-refractivity contribution in [2.24, 2.45) is 0 Å². The van der Waals surface area contributed by atoms with E-state index >= 15 is 0 Å². The molecule has 0 spiro atoms. The van der Waals surface area contributed by atoms with Crippen molar-refractivity contribution in [1.82, 2.24) is 19.2 Å². The zero-order valence-corrected chi connectivity index (χ0v) is 17.0. The zero-order chi connectivity index (χ0) is 19.3. The minimum atomic E-state index is 0.722. The molecule has 0 saturated heterocycles. The third-order valence-corrected chi connectivity index (χ3v) is 6.06. The molecule has 5 aromatic rings. The highest BCUT2D eigenvalue weighted by Crippen LogP contribution is 2.34. The van der Waals surface area contributed by atoms with Crippen LogP contribution < -0.4 is 0 Å². The van der Waals surface area contributed by atoms with E-state index in [0.29, 0.717) is 0 Å². The fraction of sp³-hybridized carbons (Fsp3) is 0.0909. The summed E-state index contributed by atoms with van der Waals surface area (Å²) in [7, 11) is 0. The molecule has 4 nitrogen and oxygen atoms in total. The predicted octanol–water partition coefficient (Wildman–Crippen LogP) is 6.19. The number of aromatic nitrogens is 4. The van der Waals surface area contributed by atoms with Crippen LogP contribution >= 0.6 is 22.9 Å². The van der Waals surface area contributed by atoms with Crippen LogP contribution in [0.4, 0.5) is 0 Å². The predicted molar refractivity (Wildman–Crippen MR) is 116 cm³/mol. The lowest BCUT2D eigenvalue weighted by atomic mass is 10.1. The molecule has 138 valence electrons. The fourth-order valence-electron chi connectivity index (χ4n) is 3.50. The Morgan fingerprint density at radius 3 is 2.43 bits per heavy atom. The third-order valence-electron chi connectivity index (χ3n) is 4.88. The molecule has 6 heteroatoms. The number of rotatable bonds is 3. The molecule has 4 aromatic heterocycles. The maximum absolute atomic E-state index is 6.00. The number of thiophene rings is 1. The molecule has 5 rings (SSSR count). The highest BCUT2D eigenvalue weighted by atomic mass is 35.5. The summed E-state index contributed by atoms with van der Waals surface area (Å²) in [6.45, 7) is 4.25. The lowest BCUT2D eigenvalue weighted by Gasteiger charge is -2.09. The summed E-state index contributed by atoms with van der Waals surface area (Å²) < 4.78 is 4.11. The number of hydrogen-bond acceptors (Lipinski definition) is 3. The molecule has 0 fully saturated rings. The minimum absolute atomic E-state index is 0.722. The van der Waals surface area contributed by atoms with Crippen LogP contribution in [0, 0.1) is 13.8 Å². The molecular weight excluding hydrogens is 388 g/mol. The van der Waals surface area contributed by atoms with E-state index in [9.17, 15) is 0 Å². The second-order valence-corrected chi connectivity index (χ2v) is 8.12. The van der Waals surface area contributed by atoms with Gasteiger partial charge in [0.1, 0.15) is 5.69 Å². The van der Waals surface area contributed by atoms with Gasteiger partial charge in [0.05, 0.1) is 10.6 Å². The Hall–Kier alpha value is -2.89. The van der Waals surface area contributed by atoms with E-state index in [0.717, 1.165) is 38.1 Å². The molecule has 0 amide bonds. The van der Waals surface area contributed by atoms with Gasteiger partial charge < -0.3 is 4.57 Å². The Kier molecular flexibility index (Phi) is 4.07. The molecule has 0 unspecified atom stereocenters. The monoisotopic (exact) mass is 404 g/mol. The van der Waals surface area contributed by atoms with Crippen LogP contribution in [0.5, 0.6) is 0 Å². The Balaban J connectivity index is 1.60. The second kappa shape index (κ2) is 6.62. The summed E-state index contributed by atoms with van der Waals surface area (Å²) in [5, 5.41) is 7.65. The molecule has 0 saturated carbocycles. The van der Waals surface area contributed by atoms with E-state index in [1.54, 1.807) is 11.3 Å². The van der Waals surface area contributed by atoms with Gasteiger partial charge in [-0.15, -0.1) is 11.3 Å². The van der Waals surface area contributed by atoms with Gasteiger partial charge in [0.2, 0.25) is 0 Å². The van der Waals surface area contributed by atoms with E-state index in [1.165, 1.54) is 11.4 Å². The molecule has 0 N–H and O–H groups in total. The Bertz CT molecular complexity index is 1270. The number of aryl methyl sites for hydroxylation is 2. The average Bonchev–Trinajstić information content (AvgIpc) is 3.39. The zero-order valence-electron chi connectivity index (χ0n) is 15.4. The molecule has 0 aliphatic heterocycles. The maximum atomic E-state index is 6.00. The highest BCUT2D eigenvalue weighted by Gasteiger charge is 2.15. The summed E-state index contributed by atoms with van der Waals surface area (Å²) in [5.41, 5.74) is 7.40. The number of benzene rings is 1. The van der Waals surface area contributed by atoms with Crippen molar-refractivity contribution in [3.8, 4) is 27.4 Å². The van der Waals surface area contributed by atoms with E-state index in [-0.39, 0.29) is 0 Å². The Morgan fingerprint density at radius 2 is 1.68 bits per heavy atom. The first-order chi connectivity index (χ1) is 13.6. The van der Waals surface area contributed by atoms with Crippen molar-refractivity contribution in [3.63, 3.8) is 0 Å².